The van der Waals surface area contributed by atoms with Crippen molar-refractivity contribution in [3.8, 4) is 5.75 Å². The highest BCUT2D eigenvalue weighted by Crippen LogP contribution is 2.15. The Kier molecular flexibility index (Phi) is 5.24. The van der Waals surface area contributed by atoms with Crippen molar-refractivity contribution in [3.05, 3.63) is 29.3 Å². The molecule has 0 bridgehead atoms. The highest BCUT2D eigenvalue weighted by Gasteiger charge is 2.22. The first-order valence-electron chi connectivity index (χ1n) is 6.60. The summed E-state index contributed by atoms with van der Waals surface area (Å²) in [5.41, 5.74) is 0. The van der Waals surface area contributed by atoms with E-state index in [1.165, 1.54) is 0 Å². The molecule has 108 valence electrons. The first-order chi connectivity index (χ1) is 9.65. The summed E-state index contributed by atoms with van der Waals surface area (Å²) in [6, 6.07) is 6.29. The molecule has 0 spiro atoms. The molecule has 2 N–H and O–H groups in total. The summed E-state index contributed by atoms with van der Waals surface area (Å²) in [7, 11) is 0. The number of hydrogen-bond acceptors (Lipinski definition) is 3. The van der Waals surface area contributed by atoms with Crippen LogP contribution in [0.2, 0.25) is 5.02 Å². The molecule has 2 rings (SSSR count). The van der Waals surface area contributed by atoms with Crippen LogP contribution in [0.3, 0.4) is 0 Å². The third kappa shape index (κ3) is 4.42. The van der Waals surface area contributed by atoms with Gasteiger partial charge in [0.25, 0.3) is 5.91 Å². The van der Waals surface area contributed by atoms with Crippen molar-refractivity contribution in [2.45, 2.75) is 25.3 Å². The van der Waals surface area contributed by atoms with Gasteiger partial charge in [0.05, 0.1) is 0 Å². The van der Waals surface area contributed by atoms with Crippen LogP contribution in [0.4, 0.5) is 0 Å². The van der Waals surface area contributed by atoms with Crippen molar-refractivity contribution in [2.75, 3.05) is 13.2 Å². The van der Waals surface area contributed by atoms with Gasteiger partial charge < -0.3 is 15.4 Å². The number of hydrogen-bond donors (Lipinski definition) is 2. The summed E-state index contributed by atoms with van der Waals surface area (Å²) in [4.78, 5) is 23.4. The van der Waals surface area contributed by atoms with E-state index in [0.717, 1.165) is 12.8 Å². The van der Waals surface area contributed by atoms with Gasteiger partial charge in [0.2, 0.25) is 5.91 Å². The highest BCUT2D eigenvalue weighted by atomic mass is 35.5. The molecule has 2 amide bonds. The van der Waals surface area contributed by atoms with Gasteiger partial charge in [-0.15, -0.1) is 0 Å². The molecule has 1 aromatic carbocycles. The predicted octanol–water partition coefficient (Wildman–Crippen LogP) is 1.50. The number of ether oxygens (including phenoxy) is 1. The second-order valence-electron chi connectivity index (χ2n) is 4.65. The van der Waals surface area contributed by atoms with Crippen molar-refractivity contribution in [1.29, 1.82) is 0 Å². The van der Waals surface area contributed by atoms with Gasteiger partial charge in [0.1, 0.15) is 11.8 Å². The Labute approximate surface area is 122 Å². The van der Waals surface area contributed by atoms with E-state index in [1.807, 2.05) is 0 Å². The van der Waals surface area contributed by atoms with Crippen LogP contribution in [-0.2, 0) is 9.59 Å². The molecule has 0 aliphatic carbocycles. The molecule has 1 fully saturated rings. The maximum Gasteiger partial charge on any atom is 0.258 e. The number of benzene rings is 1. The molecule has 1 aliphatic rings. The van der Waals surface area contributed by atoms with Crippen LogP contribution in [0.25, 0.3) is 0 Å². The molecule has 0 saturated carbocycles. The Morgan fingerprint density at radius 3 is 2.85 bits per heavy atom. The van der Waals surface area contributed by atoms with Gasteiger partial charge in [-0.1, -0.05) is 11.6 Å². The Morgan fingerprint density at radius 2 is 2.10 bits per heavy atom. The van der Waals surface area contributed by atoms with Crippen LogP contribution >= 0.6 is 11.6 Å². The number of carbonyl (C=O) groups excluding carboxylic acids is 2. The highest BCUT2D eigenvalue weighted by molar-refractivity contribution is 6.30. The van der Waals surface area contributed by atoms with Crippen molar-refractivity contribution < 1.29 is 14.3 Å². The average molecular weight is 297 g/mol. The molecule has 6 heteroatoms. The molecule has 1 aliphatic heterocycles. The molecule has 1 heterocycles. The summed E-state index contributed by atoms with van der Waals surface area (Å²) in [6.07, 6.45) is 2.53. The van der Waals surface area contributed by atoms with Crippen molar-refractivity contribution >= 4 is 23.4 Å². The first-order valence-corrected chi connectivity index (χ1v) is 6.98. The lowest BCUT2D eigenvalue weighted by molar-refractivity contribution is -0.129. The minimum atomic E-state index is -0.459. The molecular formula is C14H17ClN2O3. The summed E-state index contributed by atoms with van der Waals surface area (Å²) in [5, 5.41) is 6.07. The molecular weight excluding hydrogens is 280 g/mol. The van der Waals surface area contributed by atoms with Crippen molar-refractivity contribution in [2.24, 2.45) is 0 Å². The van der Waals surface area contributed by atoms with Crippen LogP contribution in [0.15, 0.2) is 24.3 Å². The van der Waals surface area contributed by atoms with Gasteiger partial charge in [0.15, 0.2) is 6.61 Å². The normalized spacial score (nSPS) is 18.9. The van der Waals surface area contributed by atoms with Crippen LogP contribution in [0.5, 0.6) is 5.75 Å². The van der Waals surface area contributed by atoms with Crippen molar-refractivity contribution in [3.63, 3.8) is 0 Å². The monoisotopic (exact) mass is 296 g/mol. The lowest BCUT2D eigenvalue weighted by Crippen LogP contribution is -2.46. The second kappa shape index (κ2) is 7.14. The fourth-order valence-electron chi connectivity index (χ4n) is 1.99. The van der Waals surface area contributed by atoms with Crippen LogP contribution in [0, 0.1) is 0 Å². The molecule has 1 saturated heterocycles. The molecule has 20 heavy (non-hydrogen) atoms. The third-order valence-electron chi connectivity index (χ3n) is 3.05. The lowest BCUT2D eigenvalue weighted by Gasteiger charge is -2.15. The molecule has 0 unspecified atom stereocenters. The number of carbonyl (C=O) groups is 2. The maximum absolute atomic E-state index is 11.8. The Morgan fingerprint density at radius 1 is 1.35 bits per heavy atom. The van der Waals surface area contributed by atoms with E-state index in [2.05, 4.69) is 10.6 Å². The molecule has 1 atom stereocenters. The zero-order valence-corrected chi connectivity index (χ0v) is 11.8. The SMILES string of the molecule is O=C(COc1ccc(Cl)cc1)N[C@@H]1CCCCNC1=O. The topological polar surface area (TPSA) is 67.4 Å². The van der Waals surface area contributed by atoms with E-state index in [-0.39, 0.29) is 18.4 Å². The van der Waals surface area contributed by atoms with E-state index in [4.69, 9.17) is 16.3 Å². The standard InChI is InChI=1S/C14H17ClN2O3/c15-10-4-6-11(7-5-10)20-9-13(18)17-12-3-1-2-8-16-14(12)19/h4-7,12H,1-3,8-9H2,(H,16,19)(H,17,18)/t12-/m1/s1. The van der Waals surface area contributed by atoms with Crippen molar-refractivity contribution in [1.82, 2.24) is 10.6 Å². The minimum absolute atomic E-state index is 0.120. The van der Waals surface area contributed by atoms with Gasteiger partial charge in [-0.2, -0.15) is 0 Å². The molecule has 0 radical (unpaired) electrons. The number of amides is 2. The Hall–Kier alpha value is -1.75. The van der Waals surface area contributed by atoms with E-state index >= 15 is 0 Å². The Balaban J connectivity index is 1.79. The van der Waals surface area contributed by atoms with E-state index < -0.39 is 6.04 Å². The maximum atomic E-state index is 11.8. The number of nitrogens with one attached hydrogen (secondary N) is 2. The fraction of sp³-hybridized carbons (Fsp3) is 0.429. The quantitative estimate of drug-likeness (QED) is 0.885. The summed E-state index contributed by atoms with van der Waals surface area (Å²) < 4.78 is 5.33. The summed E-state index contributed by atoms with van der Waals surface area (Å²) in [5.74, 6) is 0.138. The lowest BCUT2D eigenvalue weighted by atomic mass is 10.1. The van der Waals surface area contributed by atoms with Gasteiger partial charge >= 0.3 is 0 Å². The third-order valence-corrected chi connectivity index (χ3v) is 3.31. The fourth-order valence-corrected chi connectivity index (χ4v) is 2.12. The predicted molar refractivity (Wildman–Crippen MR) is 75.7 cm³/mol. The zero-order chi connectivity index (χ0) is 14.4. The average Bonchev–Trinajstić information content (AvgIpc) is 2.64. The molecule has 1 aromatic rings. The summed E-state index contributed by atoms with van der Waals surface area (Å²) >= 11 is 5.76. The zero-order valence-electron chi connectivity index (χ0n) is 11.0. The van der Waals surface area contributed by atoms with Crippen LogP contribution in [-0.4, -0.2) is 31.0 Å². The minimum Gasteiger partial charge on any atom is -0.484 e. The summed E-state index contributed by atoms with van der Waals surface area (Å²) in [6.45, 7) is 0.553. The molecule has 5 nitrogen and oxygen atoms in total. The number of halogens is 1. The van der Waals surface area contributed by atoms with Crippen LogP contribution < -0.4 is 15.4 Å². The van der Waals surface area contributed by atoms with Gasteiger partial charge in [-0.3, -0.25) is 9.59 Å². The smallest absolute Gasteiger partial charge is 0.258 e. The largest absolute Gasteiger partial charge is 0.484 e. The van der Waals surface area contributed by atoms with Gasteiger partial charge in [-0.05, 0) is 43.5 Å². The van der Waals surface area contributed by atoms with Gasteiger partial charge in [0, 0.05) is 11.6 Å². The molecule has 0 aromatic heterocycles. The second-order valence-corrected chi connectivity index (χ2v) is 5.09. The van der Waals surface area contributed by atoms with E-state index in [9.17, 15) is 9.59 Å². The van der Waals surface area contributed by atoms with E-state index in [0.29, 0.717) is 23.7 Å². The Bertz CT molecular complexity index is 476. The first kappa shape index (κ1) is 14.7. The van der Waals surface area contributed by atoms with E-state index in [1.54, 1.807) is 24.3 Å². The van der Waals surface area contributed by atoms with Gasteiger partial charge in [-0.25, -0.2) is 0 Å². The number of rotatable bonds is 4. The van der Waals surface area contributed by atoms with Crippen LogP contribution in [0.1, 0.15) is 19.3 Å².